The lowest BCUT2D eigenvalue weighted by Gasteiger charge is -2.25. The van der Waals surface area contributed by atoms with Crippen LogP contribution in [0.1, 0.15) is 55.0 Å². The van der Waals surface area contributed by atoms with Crippen LogP contribution < -0.4 is 5.32 Å². The average molecular weight is 603 g/mol. The van der Waals surface area contributed by atoms with Gasteiger partial charge < -0.3 is 9.88 Å². The van der Waals surface area contributed by atoms with Gasteiger partial charge in [-0.25, -0.2) is 14.1 Å². The van der Waals surface area contributed by atoms with Gasteiger partial charge in [-0.1, -0.05) is 12.5 Å². The van der Waals surface area contributed by atoms with Crippen LogP contribution in [0.15, 0.2) is 61.2 Å². The van der Waals surface area contributed by atoms with E-state index in [0.29, 0.717) is 35.4 Å². The van der Waals surface area contributed by atoms with E-state index in [0.717, 1.165) is 42.3 Å². The largest absolute Gasteiger partial charge is 0.418 e. The molecule has 0 amide bonds. The first-order valence-corrected chi connectivity index (χ1v) is 14.7. The molecule has 0 spiro atoms. The van der Waals surface area contributed by atoms with Gasteiger partial charge in [-0.3, -0.25) is 4.98 Å². The summed E-state index contributed by atoms with van der Waals surface area (Å²) in [6, 6.07) is 10.8. The van der Waals surface area contributed by atoms with Gasteiger partial charge in [0.15, 0.2) is 11.6 Å². The average Bonchev–Trinajstić information content (AvgIpc) is 3.55. The van der Waals surface area contributed by atoms with E-state index in [4.69, 9.17) is 4.98 Å². The Bertz CT molecular complexity index is 1820. The zero-order valence-electron chi connectivity index (χ0n) is 24.0. The molecule has 44 heavy (non-hydrogen) atoms. The number of nitrogens with one attached hydrogen (secondary N) is 1. The molecule has 2 saturated carbocycles. The number of nitrogens with zero attached hydrogens (tertiary/aromatic N) is 7. The maximum absolute atomic E-state index is 14.4. The summed E-state index contributed by atoms with van der Waals surface area (Å²) in [4.78, 5) is 9.25. The van der Waals surface area contributed by atoms with Crippen LogP contribution in [0, 0.1) is 11.7 Å². The molecule has 2 aliphatic carbocycles. The molecule has 7 rings (SSSR count). The fraction of sp³-hybridized carbons (Fsp3) is 0.344. The van der Waals surface area contributed by atoms with E-state index >= 15 is 0 Å². The lowest BCUT2D eigenvalue weighted by Crippen LogP contribution is -2.27. The Morgan fingerprint density at radius 3 is 2.50 bits per heavy atom. The smallest absolute Gasteiger partial charge is 0.317 e. The number of rotatable bonds is 9. The second-order valence-electron chi connectivity index (χ2n) is 11.7. The van der Waals surface area contributed by atoms with Crippen LogP contribution in [0.2, 0.25) is 0 Å². The minimum absolute atomic E-state index is 0.173. The molecule has 0 atom stereocenters. The molecule has 1 aromatic carbocycles. The van der Waals surface area contributed by atoms with Crippen LogP contribution in [-0.2, 0) is 19.8 Å². The number of aromatic nitrogens is 7. The Morgan fingerprint density at radius 2 is 1.80 bits per heavy atom. The molecule has 8 nitrogen and oxygen atoms in total. The normalized spacial score (nSPS) is 15.5. The number of hydrogen-bond acceptors (Lipinski definition) is 6. The third-order valence-corrected chi connectivity index (χ3v) is 8.39. The SMILES string of the molecule is Cn1cnnc1-c1cc(F)ccc1-c1cc(C2CC2)nc(-n2cc(-c3nc(CNCC4CCC4)ccc3C(F)(F)F)cn2)c1. The van der Waals surface area contributed by atoms with Gasteiger partial charge in [-0.2, -0.15) is 18.3 Å². The minimum atomic E-state index is -4.58. The van der Waals surface area contributed by atoms with E-state index in [1.165, 1.54) is 54.5 Å². The lowest BCUT2D eigenvalue weighted by atomic mass is 9.85. The molecule has 0 saturated heterocycles. The van der Waals surface area contributed by atoms with Crippen molar-refractivity contribution >= 4 is 0 Å². The molecule has 4 heterocycles. The van der Waals surface area contributed by atoms with Crippen molar-refractivity contribution in [1.82, 2.24) is 39.8 Å². The molecule has 12 heteroatoms. The lowest BCUT2D eigenvalue weighted by molar-refractivity contribution is -0.137. The molecular formula is C32H30F4N8. The Hall–Kier alpha value is -4.45. The third kappa shape index (κ3) is 5.73. The van der Waals surface area contributed by atoms with Crippen LogP contribution in [0.25, 0.3) is 39.6 Å². The van der Waals surface area contributed by atoms with E-state index in [9.17, 15) is 17.6 Å². The Morgan fingerprint density at radius 1 is 0.955 bits per heavy atom. The third-order valence-electron chi connectivity index (χ3n) is 8.39. The van der Waals surface area contributed by atoms with Crippen molar-refractivity contribution in [2.45, 2.75) is 50.7 Å². The van der Waals surface area contributed by atoms with Crippen LogP contribution in [0.3, 0.4) is 0 Å². The fourth-order valence-electron chi connectivity index (χ4n) is 5.60. The molecule has 5 aromatic rings. The molecule has 0 bridgehead atoms. The summed E-state index contributed by atoms with van der Waals surface area (Å²) in [5, 5.41) is 15.9. The molecule has 1 N–H and O–H groups in total. The zero-order valence-corrected chi connectivity index (χ0v) is 24.0. The van der Waals surface area contributed by atoms with Crippen molar-refractivity contribution in [3.05, 3.63) is 84.0 Å². The van der Waals surface area contributed by atoms with Gasteiger partial charge in [0.1, 0.15) is 12.1 Å². The van der Waals surface area contributed by atoms with E-state index in [-0.39, 0.29) is 17.2 Å². The summed E-state index contributed by atoms with van der Waals surface area (Å²) in [6.07, 6.45) is 5.43. The predicted molar refractivity (Wildman–Crippen MR) is 156 cm³/mol. The number of aryl methyl sites for hydroxylation is 1. The number of pyridine rings is 2. The first kappa shape index (κ1) is 28.3. The number of alkyl halides is 3. The summed E-state index contributed by atoms with van der Waals surface area (Å²) in [7, 11) is 1.78. The van der Waals surface area contributed by atoms with E-state index in [2.05, 4.69) is 25.6 Å². The fourth-order valence-corrected chi connectivity index (χ4v) is 5.60. The van der Waals surface area contributed by atoms with Gasteiger partial charge in [-0.05, 0) is 85.7 Å². The second-order valence-corrected chi connectivity index (χ2v) is 11.7. The maximum Gasteiger partial charge on any atom is 0.418 e. The van der Waals surface area contributed by atoms with Crippen molar-refractivity contribution < 1.29 is 17.6 Å². The van der Waals surface area contributed by atoms with Gasteiger partial charge in [0.25, 0.3) is 0 Å². The Balaban J connectivity index is 1.26. The quantitative estimate of drug-likeness (QED) is 0.189. The zero-order chi connectivity index (χ0) is 30.4. The van der Waals surface area contributed by atoms with E-state index in [1.54, 1.807) is 30.1 Å². The highest BCUT2D eigenvalue weighted by Gasteiger charge is 2.35. The van der Waals surface area contributed by atoms with Crippen molar-refractivity contribution in [2.75, 3.05) is 6.54 Å². The minimum Gasteiger partial charge on any atom is -0.317 e. The Kier molecular flexibility index (Phi) is 7.23. The highest BCUT2D eigenvalue weighted by molar-refractivity contribution is 5.81. The van der Waals surface area contributed by atoms with Gasteiger partial charge in [-0.15, -0.1) is 10.2 Å². The molecule has 0 radical (unpaired) electrons. The summed E-state index contributed by atoms with van der Waals surface area (Å²) in [6.45, 7) is 1.21. The molecule has 226 valence electrons. The van der Waals surface area contributed by atoms with Gasteiger partial charge in [0.2, 0.25) is 0 Å². The van der Waals surface area contributed by atoms with Crippen LogP contribution >= 0.6 is 0 Å². The number of benzene rings is 1. The maximum atomic E-state index is 14.4. The van der Waals surface area contributed by atoms with Crippen LogP contribution in [0.5, 0.6) is 0 Å². The van der Waals surface area contributed by atoms with Crippen molar-refractivity contribution in [1.29, 1.82) is 0 Å². The highest BCUT2D eigenvalue weighted by Crippen LogP contribution is 2.42. The monoisotopic (exact) mass is 602 g/mol. The van der Waals surface area contributed by atoms with Crippen molar-refractivity contribution in [3.8, 4) is 39.6 Å². The Labute approximate surface area is 251 Å². The first-order valence-electron chi connectivity index (χ1n) is 14.7. The molecule has 2 fully saturated rings. The van der Waals surface area contributed by atoms with Gasteiger partial charge in [0.05, 0.1) is 23.1 Å². The first-order chi connectivity index (χ1) is 21.2. The summed E-state index contributed by atoms with van der Waals surface area (Å²) in [5.41, 5.74) is 2.67. The van der Waals surface area contributed by atoms with Gasteiger partial charge in [0, 0.05) is 42.5 Å². The van der Waals surface area contributed by atoms with Crippen LogP contribution in [-0.4, -0.2) is 41.1 Å². The molecule has 0 unspecified atom stereocenters. The van der Waals surface area contributed by atoms with Crippen molar-refractivity contribution in [3.63, 3.8) is 0 Å². The number of halogens is 4. The second kappa shape index (κ2) is 11.2. The van der Waals surface area contributed by atoms with Crippen LogP contribution in [0.4, 0.5) is 17.6 Å². The molecular weight excluding hydrogens is 572 g/mol. The molecule has 0 aliphatic heterocycles. The molecule has 4 aromatic heterocycles. The summed E-state index contributed by atoms with van der Waals surface area (Å²) in [5.74, 6) is 1.42. The van der Waals surface area contributed by atoms with Crippen molar-refractivity contribution in [2.24, 2.45) is 13.0 Å². The standard InChI is InChI=1S/C32H30F4N8/c1-43-18-38-42-31(43)26-13-23(33)7-9-25(26)21-11-28(20-5-6-20)41-29(12-21)44-17-22(15-39-44)30-27(32(34,35)36)10-8-24(40-30)16-37-14-19-3-2-4-19/h7-13,15,17-20,37H,2-6,14,16H2,1H3. The topological polar surface area (TPSA) is 86.3 Å². The summed E-state index contributed by atoms with van der Waals surface area (Å²) < 4.78 is 59.8. The van der Waals surface area contributed by atoms with E-state index < -0.39 is 17.6 Å². The van der Waals surface area contributed by atoms with Gasteiger partial charge >= 0.3 is 6.18 Å². The van der Waals surface area contributed by atoms with E-state index in [1.807, 2.05) is 6.07 Å². The summed E-state index contributed by atoms with van der Waals surface area (Å²) >= 11 is 0. The highest BCUT2D eigenvalue weighted by atomic mass is 19.4. The number of hydrogen-bond donors (Lipinski definition) is 1. The molecule has 2 aliphatic rings. The predicted octanol–water partition coefficient (Wildman–Crippen LogP) is 6.72.